The van der Waals surface area contributed by atoms with Crippen molar-refractivity contribution in [2.24, 2.45) is 5.92 Å². The van der Waals surface area contributed by atoms with Crippen LogP contribution in [0.15, 0.2) is 10.6 Å². The molecule has 0 aliphatic heterocycles. The van der Waals surface area contributed by atoms with Gasteiger partial charge in [-0.15, -0.1) is 0 Å². The molecule has 6 nitrogen and oxygen atoms in total. The van der Waals surface area contributed by atoms with Crippen LogP contribution in [-0.2, 0) is 0 Å². The lowest BCUT2D eigenvalue weighted by atomic mass is 9.98. The molecule has 0 aliphatic rings. The zero-order valence-corrected chi connectivity index (χ0v) is 14.4. The summed E-state index contributed by atoms with van der Waals surface area (Å²) in [4.78, 5) is 17.2. The van der Waals surface area contributed by atoms with Crippen molar-refractivity contribution in [1.29, 1.82) is 0 Å². The van der Waals surface area contributed by atoms with Crippen molar-refractivity contribution in [2.45, 2.75) is 53.0 Å². The molecule has 0 aromatic carbocycles. The van der Waals surface area contributed by atoms with Crippen molar-refractivity contribution in [3.05, 3.63) is 23.0 Å². The van der Waals surface area contributed by atoms with E-state index in [0.29, 0.717) is 22.4 Å². The Balaban J connectivity index is 2.44. The normalized spacial score (nSPS) is 14.2. The van der Waals surface area contributed by atoms with Crippen LogP contribution in [0.5, 0.6) is 0 Å². The van der Waals surface area contributed by atoms with Gasteiger partial charge in [0, 0.05) is 5.69 Å². The Hall–Kier alpha value is -1.95. The first kappa shape index (κ1) is 17.4. The number of fused-ring (bicyclic) bond motifs is 1. The highest BCUT2D eigenvalue weighted by molar-refractivity contribution is 6.06. The number of carbonyl (C=O) groups is 1. The summed E-state index contributed by atoms with van der Waals surface area (Å²) in [5.74, 6) is 0.124. The molecule has 0 fully saturated rings. The Kier molecular flexibility index (Phi) is 5.36. The largest absolute Gasteiger partial charge is 0.394 e. The van der Waals surface area contributed by atoms with Crippen LogP contribution >= 0.6 is 0 Å². The minimum absolute atomic E-state index is 0.0887. The van der Waals surface area contributed by atoms with Crippen LogP contribution in [0, 0.1) is 12.8 Å². The number of hydrogen-bond donors (Lipinski definition) is 2. The molecule has 2 rings (SSSR count). The first-order valence-corrected chi connectivity index (χ1v) is 8.07. The van der Waals surface area contributed by atoms with Crippen LogP contribution in [0.3, 0.4) is 0 Å². The average Bonchev–Trinajstić information content (AvgIpc) is 2.92. The van der Waals surface area contributed by atoms with Crippen molar-refractivity contribution in [1.82, 2.24) is 15.5 Å². The maximum Gasteiger partial charge on any atom is 0.259 e. The maximum absolute atomic E-state index is 12.8. The molecule has 126 valence electrons. The number of amides is 1. The Morgan fingerprint density at radius 3 is 2.65 bits per heavy atom. The topological polar surface area (TPSA) is 88.2 Å². The molecule has 2 atom stereocenters. The number of rotatable bonds is 6. The molecule has 2 heterocycles. The number of aliphatic hydroxyl groups excluding tert-OH is 1. The molecule has 2 aromatic rings. The highest BCUT2D eigenvalue weighted by Crippen LogP contribution is 2.25. The first-order chi connectivity index (χ1) is 10.9. The van der Waals surface area contributed by atoms with E-state index in [1.807, 2.05) is 27.7 Å². The fraction of sp³-hybridized carbons (Fsp3) is 0.588. The van der Waals surface area contributed by atoms with Crippen LogP contribution in [0.1, 0.15) is 61.8 Å². The molecule has 0 bridgehead atoms. The van der Waals surface area contributed by atoms with Gasteiger partial charge in [-0.3, -0.25) is 4.79 Å². The highest BCUT2D eigenvalue weighted by atomic mass is 16.5. The Bertz CT molecular complexity index is 694. The second-order valence-electron chi connectivity index (χ2n) is 6.35. The summed E-state index contributed by atoms with van der Waals surface area (Å²) >= 11 is 0. The van der Waals surface area contributed by atoms with E-state index in [1.54, 1.807) is 13.0 Å². The van der Waals surface area contributed by atoms with Crippen molar-refractivity contribution in [3.63, 3.8) is 0 Å². The predicted octanol–water partition coefficient (Wildman–Crippen LogP) is 2.79. The van der Waals surface area contributed by atoms with Gasteiger partial charge in [0.1, 0.15) is 0 Å². The van der Waals surface area contributed by atoms with Crippen molar-refractivity contribution >= 4 is 17.0 Å². The molecule has 6 heteroatoms. The van der Waals surface area contributed by atoms with Gasteiger partial charge >= 0.3 is 0 Å². The number of pyridine rings is 1. The maximum atomic E-state index is 12.8. The number of aryl methyl sites for hydroxylation is 1. The van der Waals surface area contributed by atoms with Crippen molar-refractivity contribution in [2.75, 3.05) is 6.61 Å². The Labute approximate surface area is 136 Å². The minimum atomic E-state index is -0.279. The van der Waals surface area contributed by atoms with Crippen LogP contribution < -0.4 is 5.32 Å². The SMILES string of the molecule is CC[C@@H](C)[C@@H](CO)NC(=O)c1cc(C(C)C)nc2onc(C)c12. The summed E-state index contributed by atoms with van der Waals surface area (Å²) in [6.07, 6.45) is 0.876. The van der Waals surface area contributed by atoms with E-state index in [9.17, 15) is 9.90 Å². The fourth-order valence-electron chi connectivity index (χ4n) is 2.49. The predicted molar refractivity (Wildman–Crippen MR) is 88.4 cm³/mol. The van der Waals surface area contributed by atoms with E-state index >= 15 is 0 Å². The third-order valence-corrected chi connectivity index (χ3v) is 4.32. The molecule has 0 saturated heterocycles. The van der Waals surface area contributed by atoms with Gasteiger partial charge in [-0.05, 0) is 24.8 Å². The lowest BCUT2D eigenvalue weighted by molar-refractivity contribution is 0.0893. The van der Waals surface area contributed by atoms with Crippen molar-refractivity contribution in [3.8, 4) is 0 Å². The molecule has 0 aliphatic carbocycles. The number of nitrogens with one attached hydrogen (secondary N) is 1. The summed E-state index contributed by atoms with van der Waals surface area (Å²) in [7, 11) is 0. The number of aliphatic hydroxyl groups is 1. The van der Waals surface area contributed by atoms with E-state index in [0.717, 1.165) is 12.1 Å². The minimum Gasteiger partial charge on any atom is -0.394 e. The molecule has 23 heavy (non-hydrogen) atoms. The van der Waals surface area contributed by atoms with Gasteiger partial charge in [0.25, 0.3) is 11.6 Å². The van der Waals surface area contributed by atoms with Gasteiger partial charge < -0.3 is 14.9 Å². The van der Waals surface area contributed by atoms with Gasteiger partial charge in [-0.1, -0.05) is 39.3 Å². The van der Waals surface area contributed by atoms with Crippen LogP contribution in [0.4, 0.5) is 0 Å². The third kappa shape index (κ3) is 3.52. The fourth-order valence-corrected chi connectivity index (χ4v) is 2.49. The van der Waals surface area contributed by atoms with E-state index in [4.69, 9.17) is 4.52 Å². The summed E-state index contributed by atoms with van der Waals surface area (Å²) < 4.78 is 5.24. The standard InChI is InChI=1S/C17H25N3O3/c1-6-10(4)14(8-21)18-16(22)12-7-13(9(2)3)19-17-15(12)11(5)20-23-17/h7,9-10,14,21H,6,8H2,1-5H3,(H,18,22)/t10-,14-/m1/s1. The molecular weight excluding hydrogens is 294 g/mol. The lowest BCUT2D eigenvalue weighted by Crippen LogP contribution is -2.42. The molecular formula is C17H25N3O3. The smallest absolute Gasteiger partial charge is 0.259 e. The first-order valence-electron chi connectivity index (χ1n) is 8.07. The molecule has 1 amide bonds. The lowest BCUT2D eigenvalue weighted by Gasteiger charge is -2.22. The van der Waals surface area contributed by atoms with Gasteiger partial charge in [-0.25, -0.2) is 4.98 Å². The second-order valence-corrected chi connectivity index (χ2v) is 6.35. The quantitative estimate of drug-likeness (QED) is 0.854. The number of hydrogen-bond acceptors (Lipinski definition) is 5. The zero-order chi connectivity index (χ0) is 17.1. The average molecular weight is 319 g/mol. The van der Waals surface area contributed by atoms with E-state index in [1.165, 1.54) is 0 Å². The zero-order valence-electron chi connectivity index (χ0n) is 14.4. The van der Waals surface area contributed by atoms with Gasteiger partial charge in [0.2, 0.25) is 0 Å². The van der Waals surface area contributed by atoms with Gasteiger partial charge in [0.15, 0.2) is 0 Å². The molecule has 0 spiro atoms. The molecule has 2 N–H and O–H groups in total. The van der Waals surface area contributed by atoms with Crippen LogP contribution in [-0.4, -0.2) is 33.8 Å². The Morgan fingerprint density at radius 2 is 2.09 bits per heavy atom. The van der Waals surface area contributed by atoms with Crippen LogP contribution in [0.25, 0.3) is 11.1 Å². The van der Waals surface area contributed by atoms with Crippen molar-refractivity contribution < 1.29 is 14.4 Å². The number of aromatic nitrogens is 2. The number of nitrogens with zero attached hydrogens (tertiary/aromatic N) is 2. The van der Waals surface area contributed by atoms with Gasteiger partial charge in [-0.2, -0.15) is 0 Å². The summed E-state index contributed by atoms with van der Waals surface area (Å²) in [5, 5.41) is 17.0. The Morgan fingerprint density at radius 1 is 1.39 bits per heavy atom. The van der Waals surface area contributed by atoms with Gasteiger partial charge in [0.05, 0.1) is 29.3 Å². The molecule has 0 radical (unpaired) electrons. The monoisotopic (exact) mass is 319 g/mol. The highest BCUT2D eigenvalue weighted by Gasteiger charge is 2.23. The molecule has 0 saturated carbocycles. The third-order valence-electron chi connectivity index (χ3n) is 4.32. The number of carbonyl (C=O) groups excluding carboxylic acids is 1. The summed E-state index contributed by atoms with van der Waals surface area (Å²) in [6, 6.07) is 1.51. The summed E-state index contributed by atoms with van der Waals surface area (Å²) in [6.45, 7) is 9.76. The summed E-state index contributed by atoms with van der Waals surface area (Å²) in [5.41, 5.74) is 2.29. The molecule has 2 aromatic heterocycles. The van der Waals surface area contributed by atoms with E-state index in [2.05, 4.69) is 15.5 Å². The van der Waals surface area contributed by atoms with E-state index in [-0.39, 0.29) is 30.4 Å². The molecule has 0 unspecified atom stereocenters. The second kappa shape index (κ2) is 7.08. The van der Waals surface area contributed by atoms with E-state index < -0.39 is 0 Å². The van der Waals surface area contributed by atoms with Crippen LogP contribution in [0.2, 0.25) is 0 Å².